The minimum atomic E-state index is 0.0214. The summed E-state index contributed by atoms with van der Waals surface area (Å²) < 4.78 is 9.35. The summed E-state index contributed by atoms with van der Waals surface area (Å²) in [5.41, 5.74) is 7.57. The highest BCUT2D eigenvalue weighted by molar-refractivity contribution is 5.92. The highest BCUT2D eigenvalue weighted by Crippen LogP contribution is 2.31. The van der Waals surface area contributed by atoms with E-state index in [1.807, 2.05) is 34.6 Å². The van der Waals surface area contributed by atoms with Crippen molar-refractivity contribution in [2.45, 2.75) is 52.0 Å². The second kappa shape index (κ2) is 8.96. The van der Waals surface area contributed by atoms with E-state index < -0.39 is 0 Å². The minimum Gasteiger partial charge on any atom is -0.381 e. The van der Waals surface area contributed by atoms with Gasteiger partial charge in [-0.05, 0) is 69.1 Å². The number of pyridine rings is 2. The van der Waals surface area contributed by atoms with Crippen LogP contribution in [0.2, 0.25) is 0 Å². The van der Waals surface area contributed by atoms with Gasteiger partial charge in [-0.15, -0.1) is 0 Å². The third-order valence-corrected chi connectivity index (χ3v) is 7.43. The molecule has 0 aromatic carbocycles. The molecular weight excluding hydrogens is 438 g/mol. The van der Waals surface area contributed by atoms with Crippen LogP contribution in [0.5, 0.6) is 0 Å². The lowest BCUT2D eigenvalue weighted by Gasteiger charge is -2.22. The van der Waals surface area contributed by atoms with E-state index in [0.717, 1.165) is 95.5 Å². The van der Waals surface area contributed by atoms with Gasteiger partial charge in [0.15, 0.2) is 5.65 Å². The van der Waals surface area contributed by atoms with E-state index in [0.29, 0.717) is 12.5 Å². The van der Waals surface area contributed by atoms with E-state index in [-0.39, 0.29) is 5.69 Å². The van der Waals surface area contributed by atoms with Crippen LogP contribution in [-0.2, 0) is 11.3 Å². The molecule has 2 aliphatic rings. The standard InChI is InChI=1S/C28H31N5O2/c1-18(2)24-16-30-26-23(24)12-20(14-29-26)21-13-25-27(31-15-21)33(22-6-4-3-5-7-22)28(34)32(25)17-19-8-10-35-11-9-19/h6,12-16,19H,1,3-5,7-11,17H2,2H3,(H,29,30). The molecule has 1 aliphatic carbocycles. The molecule has 0 spiro atoms. The van der Waals surface area contributed by atoms with Crippen LogP contribution >= 0.6 is 0 Å². The van der Waals surface area contributed by atoms with Gasteiger partial charge in [0.2, 0.25) is 0 Å². The Morgan fingerprint density at radius 3 is 2.74 bits per heavy atom. The van der Waals surface area contributed by atoms with E-state index in [2.05, 4.69) is 34.8 Å². The van der Waals surface area contributed by atoms with Gasteiger partial charge in [0.25, 0.3) is 0 Å². The Morgan fingerprint density at radius 2 is 1.97 bits per heavy atom. The van der Waals surface area contributed by atoms with Gasteiger partial charge in [0.05, 0.1) is 5.52 Å². The van der Waals surface area contributed by atoms with Crippen LogP contribution in [0.15, 0.2) is 48.2 Å². The van der Waals surface area contributed by atoms with Crippen molar-refractivity contribution in [3.05, 3.63) is 59.4 Å². The van der Waals surface area contributed by atoms with E-state index in [9.17, 15) is 4.79 Å². The molecule has 35 heavy (non-hydrogen) atoms. The van der Waals surface area contributed by atoms with Crippen molar-refractivity contribution in [1.82, 2.24) is 24.1 Å². The highest BCUT2D eigenvalue weighted by Gasteiger charge is 2.23. The molecule has 7 heteroatoms. The second-order valence-corrected chi connectivity index (χ2v) is 9.90. The Labute approximate surface area is 204 Å². The van der Waals surface area contributed by atoms with Crippen molar-refractivity contribution in [2.75, 3.05) is 13.2 Å². The number of imidazole rings is 1. The maximum atomic E-state index is 13.8. The first-order valence-corrected chi connectivity index (χ1v) is 12.6. The van der Waals surface area contributed by atoms with Crippen molar-refractivity contribution in [1.29, 1.82) is 0 Å². The minimum absolute atomic E-state index is 0.0214. The van der Waals surface area contributed by atoms with Crippen molar-refractivity contribution in [2.24, 2.45) is 5.92 Å². The molecule has 5 heterocycles. The smallest absolute Gasteiger partial charge is 0.334 e. The van der Waals surface area contributed by atoms with Crippen molar-refractivity contribution >= 4 is 33.5 Å². The third-order valence-electron chi connectivity index (χ3n) is 7.43. The summed E-state index contributed by atoms with van der Waals surface area (Å²) >= 11 is 0. The van der Waals surface area contributed by atoms with Gasteiger partial charge in [-0.2, -0.15) is 0 Å². The third kappa shape index (κ3) is 3.93. The maximum Gasteiger partial charge on any atom is 0.334 e. The van der Waals surface area contributed by atoms with Gasteiger partial charge in [0.1, 0.15) is 5.65 Å². The fraction of sp³-hybridized carbons (Fsp3) is 0.393. The van der Waals surface area contributed by atoms with Crippen molar-refractivity contribution in [3.63, 3.8) is 0 Å². The molecule has 0 saturated carbocycles. The zero-order valence-electron chi connectivity index (χ0n) is 20.2. The van der Waals surface area contributed by atoms with Crippen molar-refractivity contribution in [3.8, 4) is 11.1 Å². The summed E-state index contributed by atoms with van der Waals surface area (Å²) in [6.45, 7) is 8.32. The number of hydrogen-bond donors (Lipinski definition) is 1. The molecule has 1 fully saturated rings. The lowest BCUT2D eigenvalue weighted by Crippen LogP contribution is -2.29. The first-order chi connectivity index (χ1) is 17.1. The SMILES string of the molecule is C=C(C)c1c[nH]c2ncc(-c3cnc4c(c3)n(CC3CCOCC3)c(=O)n4C3=CCCCC3)cc12. The molecule has 180 valence electrons. The first-order valence-electron chi connectivity index (χ1n) is 12.6. The fourth-order valence-electron chi connectivity index (χ4n) is 5.45. The van der Waals surface area contributed by atoms with E-state index in [4.69, 9.17) is 9.72 Å². The number of aromatic amines is 1. The van der Waals surface area contributed by atoms with E-state index >= 15 is 0 Å². The normalized spacial score (nSPS) is 17.2. The monoisotopic (exact) mass is 469 g/mol. The molecule has 1 N–H and O–H groups in total. The molecule has 7 nitrogen and oxygen atoms in total. The molecule has 0 atom stereocenters. The molecule has 0 radical (unpaired) electrons. The Hall–Kier alpha value is -3.45. The zero-order chi connectivity index (χ0) is 23.9. The zero-order valence-corrected chi connectivity index (χ0v) is 20.2. The lowest BCUT2D eigenvalue weighted by molar-refractivity contribution is 0.0613. The molecule has 1 saturated heterocycles. The number of H-pyrrole nitrogens is 1. The predicted octanol–water partition coefficient (Wildman–Crippen LogP) is 5.62. The lowest BCUT2D eigenvalue weighted by atomic mass is 10.0. The number of rotatable bonds is 5. The topological polar surface area (TPSA) is 77.7 Å². The van der Waals surface area contributed by atoms with E-state index in [1.54, 1.807) is 0 Å². The summed E-state index contributed by atoms with van der Waals surface area (Å²) in [5.74, 6) is 0.431. The van der Waals surface area contributed by atoms with Crippen LogP contribution < -0.4 is 5.69 Å². The Balaban J connectivity index is 1.50. The number of allylic oxidation sites excluding steroid dienone is 3. The van der Waals surface area contributed by atoms with Gasteiger partial charge in [-0.3, -0.25) is 4.57 Å². The molecule has 0 unspecified atom stereocenters. The van der Waals surface area contributed by atoms with E-state index in [1.165, 1.54) is 6.42 Å². The quantitative estimate of drug-likeness (QED) is 0.412. The number of nitrogens with zero attached hydrogens (tertiary/aromatic N) is 4. The summed E-state index contributed by atoms with van der Waals surface area (Å²) in [6, 6.07) is 4.24. The predicted molar refractivity (Wildman–Crippen MR) is 140 cm³/mol. The molecular formula is C28H31N5O2. The van der Waals surface area contributed by atoms with Gasteiger partial charge in [0, 0.05) is 66.1 Å². The summed E-state index contributed by atoms with van der Waals surface area (Å²) in [4.78, 5) is 26.5. The molecule has 6 rings (SSSR count). The Kier molecular flexibility index (Phi) is 5.65. The molecule has 4 aromatic heterocycles. The number of aromatic nitrogens is 5. The van der Waals surface area contributed by atoms with Crippen LogP contribution in [0.4, 0.5) is 0 Å². The van der Waals surface area contributed by atoms with Crippen LogP contribution in [0, 0.1) is 5.92 Å². The van der Waals surface area contributed by atoms with Crippen LogP contribution in [0.3, 0.4) is 0 Å². The van der Waals surface area contributed by atoms with Crippen molar-refractivity contribution < 1.29 is 4.74 Å². The number of ether oxygens (including phenoxy) is 1. The number of hydrogen-bond acceptors (Lipinski definition) is 4. The Morgan fingerprint density at radius 1 is 1.17 bits per heavy atom. The maximum absolute atomic E-state index is 13.8. The first kappa shape index (κ1) is 22.0. The van der Waals surface area contributed by atoms with Gasteiger partial charge in [-0.25, -0.2) is 19.3 Å². The largest absolute Gasteiger partial charge is 0.381 e. The number of fused-ring (bicyclic) bond motifs is 2. The molecule has 0 amide bonds. The number of nitrogens with one attached hydrogen (secondary N) is 1. The van der Waals surface area contributed by atoms with Crippen LogP contribution in [0.1, 0.15) is 51.0 Å². The highest BCUT2D eigenvalue weighted by atomic mass is 16.5. The van der Waals surface area contributed by atoms with Gasteiger partial charge >= 0.3 is 5.69 Å². The summed E-state index contributed by atoms with van der Waals surface area (Å²) in [7, 11) is 0. The molecule has 1 aliphatic heterocycles. The Bertz CT molecular complexity index is 1510. The van der Waals surface area contributed by atoms with Crippen LogP contribution in [-0.4, -0.2) is 37.3 Å². The molecule has 4 aromatic rings. The molecule has 0 bridgehead atoms. The fourth-order valence-corrected chi connectivity index (χ4v) is 5.45. The second-order valence-electron chi connectivity index (χ2n) is 9.90. The van der Waals surface area contributed by atoms with Crippen LogP contribution in [0.25, 0.3) is 44.6 Å². The summed E-state index contributed by atoms with van der Waals surface area (Å²) in [5, 5.41) is 1.04. The average molecular weight is 470 g/mol. The van der Waals surface area contributed by atoms with Gasteiger partial charge < -0.3 is 9.72 Å². The average Bonchev–Trinajstić information content (AvgIpc) is 3.43. The summed E-state index contributed by atoms with van der Waals surface area (Å²) in [6.07, 6.45) is 14.1. The van der Waals surface area contributed by atoms with Gasteiger partial charge in [-0.1, -0.05) is 12.7 Å².